The molecule has 3 amide bonds. The van der Waals surface area contributed by atoms with E-state index in [-0.39, 0.29) is 31.2 Å². The van der Waals surface area contributed by atoms with Crippen LogP contribution in [0, 0.1) is 17.1 Å². The number of hydrogen-bond acceptors (Lipinski definition) is 5. The molecule has 4 N–H and O–H groups in total. The van der Waals surface area contributed by atoms with Gasteiger partial charge in [0, 0.05) is 18.9 Å². The maximum absolute atomic E-state index is 13.2. The van der Waals surface area contributed by atoms with E-state index in [0.29, 0.717) is 17.3 Å². The van der Waals surface area contributed by atoms with Crippen LogP contribution >= 0.6 is 0 Å². The molecule has 2 aromatic carbocycles. The molecule has 0 unspecified atom stereocenters. The van der Waals surface area contributed by atoms with Crippen molar-refractivity contribution in [3.8, 4) is 0 Å². The highest BCUT2D eigenvalue weighted by Crippen LogP contribution is 2.30. The number of rotatable bonds is 12. The first kappa shape index (κ1) is 24.8. The predicted octanol–water partition coefficient (Wildman–Crippen LogP) is 2.19. The summed E-state index contributed by atoms with van der Waals surface area (Å²) >= 11 is 0. The quantitative estimate of drug-likeness (QED) is 0.358. The van der Waals surface area contributed by atoms with Gasteiger partial charge >= 0.3 is 0 Å². The molecule has 0 bridgehead atoms. The van der Waals surface area contributed by atoms with E-state index in [1.54, 1.807) is 30.3 Å². The number of ketones is 1. The molecular formula is C25H27FN4O4. The van der Waals surface area contributed by atoms with Crippen molar-refractivity contribution < 1.29 is 23.6 Å². The van der Waals surface area contributed by atoms with E-state index in [4.69, 9.17) is 5.41 Å². The van der Waals surface area contributed by atoms with Crippen molar-refractivity contribution in [2.75, 3.05) is 0 Å². The third-order valence-electron chi connectivity index (χ3n) is 5.48. The van der Waals surface area contributed by atoms with Gasteiger partial charge in [-0.2, -0.15) is 0 Å². The van der Waals surface area contributed by atoms with Gasteiger partial charge in [-0.15, -0.1) is 0 Å². The minimum absolute atomic E-state index is 0.0205. The molecule has 1 fully saturated rings. The van der Waals surface area contributed by atoms with Crippen LogP contribution in [0.1, 0.15) is 42.9 Å². The number of halogens is 1. The zero-order valence-corrected chi connectivity index (χ0v) is 18.6. The maximum atomic E-state index is 13.2. The van der Waals surface area contributed by atoms with E-state index in [2.05, 4.69) is 16.0 Å². The highest BCUT2D eigenvalue weighted by Gasteiger charge is 2.34. The van der Waals surface area contributed by atoms with Gasteiger partial charge in [0.1, 0.15) is 17.9 Å². The van der Waals surface area contributed by atoms with Gasteiger partial charge in [0.25, 0.3) is 0 Å². The summed E-state index contributed by atoms with van der Waals surface area (Å²) < 4.78 is 13.1. The fourth-order valence-corrected chi connectivity index (χ4v) is 3.35. The minimum Gasteiger partial charge on any atom is -0.350 e. The van der Waals surface area contributed by atoms with Crippen LogP contribution < -0.4 is 16.0 Å². The molecule has 0 radical (unpaired) electrons. The molecule has 1 aliphatic rings. The average Bonchev–Trinajstić information content (AvgIpc) is 3.70. The Bertz CT molecular complexity index is 1040. The molecule has 8 nitrogen and oxygen atoms in total. The Morgan fingerprint density at radius 2 is 1.65 bits per heavy atom. The van der Waals surface area contributed by atoms with Gasteiger partial charge in [0.15, 0.2) is 5.78 Å². The highest BCUT2D eigenvalue weighted by molar-refractivity contribution is 6.26. The molecule has 178 valence electrons. The third-order valence-corrected chi connectivity index (χ3v) is 5.48. The second kappa shape index (κ2) is 11.8. The van der Waals surface area contributed by atoms with Crippen LogP contribution in [0.25, 0.3) is 0 Å². The van der Waals surface area contributed by atoms with Crippen LogP contribution in [0.4, 0.5) is 4.39 Å². The summed E-state index contributed by atoms with van der Waals surface area (Å²) in [5.41, 5.74) is 1.23. The lowest BCUT2D eigenvalue weighted by atomic mass is 10.0. The van der Waals surface area contributed by atoms with Crippen LogP contribution in [0.15, 0.2) is 54.6 Å². The highest BCUT2D eigenvalue weighted by atomic mass is 19.1. The van der Waals surface area contributed by atoms with E-state index in [1.165, 1.54) is 24.3 Å². The number of amides is 3. The van der Waals surface area contributed by atoms with Crippen molar-refractivity contribution in [2.45, 2.75) is 44.3 Å². The summed E-state index contributed by atoms with van der Waals surface area (Å²) in [6.45, 7) is 0.102. The molecule has 9 heteroatoms. The topological polar surface area (TPSA) is 128 Å². The first-order chi connectivity index (χ1) is 16.4. The van der Waals surface area contributed by atoms with E-state index >= 15 is 0 Å². The van der Waals surface area contributed by atoms with Gasteiger partial charge in [-0.05, 0) is 42.5 Å². The van der Waals surface area contributed by atoms with Crippen LogP contribution in [-0.2, 0) is 25.7 Å². The van der Waals surface area contributed by atoms with Crippen molar-refractivity contribution in [2.24, 2.45) is 5.92 Å². The molecule has 1 aliphatic carbocycles. The Morgan fingerprint density at radius 3 is 2.26 bits per heavy atom. The van der Waals surface area contributed by atoms with Gasteiger partial charge in [-0.25, -0.2) is 4.39 Å². The lowest BCUT2D eigenvalue weighted by Gasteiger charge is -2.23. The van der Waals surface area contributed by atoms with Crippen LogP contribution in [0.5, 0.6) is 0 Å². The molecule has 3 rings (SSSR count). The van der Waals surface area contributed by atoms with E-state index in [1.807, 2.05) is 0 Å². The zero-order chi connectivity index (χ0) is 24.5. The normalized spacial score (nSPS) is 14.4. The molecule has 0 saturated heterocycles. The minimum atomic E-state index is -1.07. The van der Waals surface area contributed by atoms with Crippen molar-refractivity contribution in [3.05, 3.63) is 71.5 Å². The van der Waals surface area contributed by atoms with Gasteiger partial charge in [-0.3, -0.25) is 19.2 Å². The van der Waals surface area contributed by atoms with Crippen LogP contribution in [0.2, 0.25) is 0 Å². The van der Waals surface area contributed by atoms with Gasteiger partial charge < -0.3 is 21.4 Å². The lowest BCUT2D eigenvalue weighted by molar-refractivity contribution is -0.132. The Labute approximate surface area is 196 Å². The molecule has 34 heavy (non-hydrogen) atoms. The average molecular weight is 467 g/mol. The van der Waals surface area contributed by atoms with Gasteiger partial charge in [0.2, 0.25) is 17.7 Å². The summed E-state index contributed by atoms with van der Waals surface area (Å²) in [6, 6.07) is 12.2. The van der Waals surface area contributed by atoms with Gasteiger partial charge in [0.05, 0.1) is 6.21 Å². The van der Waals surface area contributed by atoms with Gasteiger partial charge in [-0.1, -0.05) is 42.5 Å². The molecular weight excluding hydrogens is 439 g/mol. The largest absolute Gasteiger partial charge is 0.350 e. The van der Waals surface area contributed by atoms with Crippen molar-refractivity contribution in [1.82, 2.24) is 16.0 Å². The smallest absolute Gasteiger partial charge is 0.247 e. The Hall–Kier alpha value is -3.88. The molecule has 0 aliphatic heterocycles. The fraction of sp³-hybridized carbons (Fsp3) is 0.320. The first-order valence-electron chi connectivity index (χ1n) is 11.1. The van der Waals surface area contributed by atoms with E-state index in [0.717, 1.165) is 12.8 Å². The lowest BCUT2D eigenvalue weighted by Crippen LogP contribution is -2.50. The second-order valence-electron chi connectivity index (χ2n) is 8.18. The second-order valence-corrected chi connectivity index (χ2v) is 8.18. The predicted molar refractivity (Wildman–Crippen MR) is 123 cm³/mol. The summed E-state index contributed by atoms with van der Waals surface area (Å²) in [4.78, 5) is 50.1. The standard InChI is InChI=1S/C25H27FN4O4/c26-19-10-6-16(7-11-19)15-28-24(33)21(13-12-20(31)14-27)29-25(34)22(17-4-2-1-3-5-17)30-23(32)18-8-9-18/h1-7,10-11,14,18,21-22,27H,8-9,12-13,15H2,(H,28,33)(H,29,34)(H,30,32)/t21-,22-/m0/s1. The molecule has 2 aromatic rings. The molecule has 0 aromatic heterocycles. The summed E-state index contributed by atoms with van der Waals surface area (Å²) in [5, 5.41) is 15.2. The number of carbonyl (C=O) groups is 4. The van der Waals surface area contributed by atoms with Crippen LogP contribution in [0.3, 0.4) is 0 Å². The Kier molecular flexibility index (Phi) is 8.61. The van der Waals surface area contributed by atoms with E-state index in [9.17, 15) is 23.6 Å². The van der Waals surface area contributed by atoms with Crippen molar-refractivity contribution in [3.63, 3.8) is 0 Å². The number of benzene rings is 2. The molecule has 0 heterocycles. The monoisotopic (exact) mass is 466 g/mol. The molecule has 0 spiro atoms. The molecule has 1 saturated carbocycles. The number of nitrogens with one attached hydrogen (secondary N) is 4. The van der Waals surface area contributed by atoms with Crippen molar-refractivity contribution >= 4 is 29.7 Å². The third kappa shape index (κ3) is 7.33. The maximum Gasteiger partial charge on any atom is 0.247 e. The van der Waals surface area contributed by atoms with Crippen molar-refractivity contribution in [1.29, 1.82) is 5.41 Å². The number of hydrogen-bond donors (Lipinski definition) is 4. The molecule has 2 atom stereocenters. The summed E-state index contributed by atoms with van der Waals surface area (Å²) in [6.07, 6.45) is 2.08. The van der Waals surface area contributed by atoms with E-state index < -0.39 is 35.5 Å². The summed E-state index contributed by atoms with van der Waals surface area (Å²) in [7, 11) is 0. The number of Topliss-reactive ketones (excluding diaryl/α,β-unsaturated/α-hetero) is 1. The number of carbonyl (C=O) groups excluding carboxylic acids is 4. The SMILES string of the molecule is N=CC(=O)CC[C@H](NC(=O)[C@@H](NC(=O)C1CC1)c1ccccc1)C(=O)NCc1ccc(F)cc1. The fourth-order valence-electron chi connectivity index (χ4n) is 3.35. The Morgan fingerprint density at radius 1 is 0.971 bits per heavy atom. The zero-order valence-electron chi connectivity index (χ0n) is 18.6. The first-order valence-corrected chi connectivity index (χ1v) is 11.1. The Balaban J connectivity index is 1.72. The summed E-state index contributed by atoms with van der Waals surface area (Å²) in [5.74, 6) is -2.32. The van der Waals surface area contributed by atoms with Crippen LogP contribution in [-0.4, -0.2) is 35.8 Å².